The van der Waals surface area contributed by atoms with Crippen molar-refractivity contribution in [1.29, 1.82) is 0 Å². The molecule has 13 heavy (non-hydrogen) atoms. The van der Waals surface area contributed by atoms with Crippen molar-refractivity contribution in [3.8, 4) is 0 Å². The predicted molar refractivity (Wildman–Crippen MR) is 55.7 cm³/mol. The Bertz CT molecular complexity index is 134. The lowest BCUT2D eigenvalue weighted by atomic mass is 9.89. The molecular weight excluding hydrogens is 164 g/mol. The molecule has 1 atom stereocenters. The Morgan fingerprint density at radius 1 is 0.923 bits per heavy atom. The van der Waals surface area contributed by atoms with Crippen LogP contribution in [0.2, 0.25) is 0 Å². The molecule has 0 spiro atoms. The zero-order chi connectivity index (χ0) is 10.5. The highest BCUT2D eigenvalue weighted by Gasteiger charge is 2.23. The highest BCUT2D eigenvalue weighted by molar-refractivity contribution is 4.77. The average Bonchev–Trinajstić information content (AvgIpc) is 1.97. The van der Waals surface area contributed by atoms with Crippen LogP contribution in [-0.2, 0) is 0 Å². The normalized spacial score (nSPS) is 17.1. The summed E-state index contributed by atoms with van der Waals surface area (Å²) in [5.41, 5.74) is -1.26. The molecule has 2 N–H and O–H groups in total. The summed E-state index contributed by atoms with van der Waals surface area (Å²) < 4.78 is 0. The lowest BCUT2D eigenvalue weighted by molar-refractivity contribution is 0.0000852. The molecular formula is C11H24O2. The fourth-order valence-corrected chi connectivity index (χ4v) is 1.26. The highest BCUT2D eigenvalue weighted by Crippen LogP contribution is 2.23. The first-order chi connectivity index (χ1) is 5.77. The predicted octanol–water partition coefficient (Wildman–Crippen LogP) is 2.48. The van der Waals surface area contributed by atoms with Crippen LogP contribution in [-0.4, -0.2) is 21.4 Å². The molecule has 0 aromatic carbocycles. The maximum atomic E-state index is 9.90. The van der Waals surface area contributed by atoms with Gasteiger partial charge in [-0.25, -0.2) is 0 Å². The fraction of sp³-hybridized carbons (Fsp3) is 1.00. The molecule has 0 saturated carbocycles. The summed E-state index contributed by atoms with van der Waals surface area (Å²) in [5, 5.41) is 19.4. The zero-order valence-corrected chi connectivity index (χ0v) is 9.43. The molecule has 0 rings (SSSR count). The third-order valence-electron chi connectivity index (χ3n) is 2.34. The van der Waals surface area contributed by atoms with Gasteiger partial charge in [-0.15, -0.1) is 0 Å². The van der Waals surface area contributed by atoms with Gasteiger partial charge in [0.25, 0.3) is 0 Å². The summed E-state index contributed by atoms with van der Waals surface area (Å²) in [6.45, 7) is 7.53. The zero-order valence-electron chi connectivity index (χ0n) is 9.43. The van der Waals surface area contributed by atoms with E-state index in [1.165, 1.54) is 0 Å². The van der Waals surface area contributed by atoms with Gasteiger partial charge in [0.1, 0.15) is 0 Å². The van der Waals surface area contributed by atoms with E-state index >= 15 is 0 Å². The minimum atomic E-state index is -0.657. The monoisotopic (exact) mass is 188 g/mol. The first-order valence-electron chi connectivity index (χ1n) is 5.21. The van der Waals surface area contributed by atoms with Gasteiger partial charge in [0.05, 0.1) is 11.2 Å². The van der Waals surface area contributed by atoms with Gasteiger partial charge >= 0.3 is 0 Å². The number of aliphatic hydroxyl groups is 2. The average molecular weight is 188 g/mol. The quantitative estimate of drug-likeness (QED) is 0.672. The Hall–Kier alpha value is -0.0800. The minimum absolute atomic E-state index is 0.601. The Kier molecular flexibility index (Phi) is 4.93. The van der Waals surface area contributed by atoms with E-state index in [0.717, 1.165) is 19.3 Å². The molecule has 0 bridgehead atoms. The van der Waals surface area contributed by atoms with Gasteiger partial charge in [-0.3, -0.25) is 0 Å². The van der Waals surface area contributed by atoms with E-state index in [-0.39, 0.29) is 0 Å². The standard InChI is InChI=1S/C11H24O2/c1-5-6-7-11(4,13)9-8-10(2,3)12/h12-13H,5-9H2,1-4H3. The molecule has 0 radical (unpaired) electrons. The maximum absolute atomic E-state index is 9.90. The van der Waals surface area contributed by atoms with Crippen LogP contribution in [0, 0.1) is 0 Å². The molecule has 0 heterocycles. The van der Waals surface area contributed by atoms with Crippen molar-refractivity contribution >= 4 is 0 Å². The van der Waals surface area contributed by atoms with Crippen LogP contribution in [0.25, 0.3) is 0 Å². The number of rotatable bonds is 6. The van der Waals surface area contributed by atoms with Crippen LogP contribution in [0.1, 0.15) is 59.8 Å². The van der Waals surface area contributed by atoms with Crippen LogP contribution < -0.4 is 0 Å². The molecule has 1 unspecified atom stereocenters. The Balaban J connectivity index is 3.75. The second kappa shape index (κ2) is 4.97. The molecule has 0 aromatic heterocycles. The lowest BCUT2D eigenvalue weighted by Crippen LogP contribution is -2.29. The van der Waals surface area contributed by atoms with E-state index in [1.54, 1.807) is 13.8 Å². The van der Waals surface area contributed by atoms with Crippen LogP contribution in [0.15, 0.2) is 0 Å². The Morgan fingerprint density at radius 2 is 1.46 bits per heavy atom. The van der Waals surface area contributed by atoms with E-state index < -0.39 is 11.2 Å². The third-order valence-corrected chi connectivity index (χ3v) is 2.34. The van der Waals surface area contributed by atoms with Gasteiger partial charge in [0, 0.05) is 0 Å². The van der Waals surface area contributed by atoms with Crippen LogP contribution in [0.3, 0.4) is 0 Å². The van der Waals surface area contributed by atoms with Crippen molar-refractivity contribution in [1.82, 2.24) is 0 Å². The molecule has 80 valence electrons. The van der Waals surface area contributed by atoms with Crippen molar-refractivity contribution in [2.75, 3.05) is 0 Å². The van der Waals surface area contributed by atoms with E-state index in [9.17, 15) is 10.2 Å². The van der Waals surface area contributed by atoms with Gasteiger partial charge in [-0.1, -0.05) is 19.8 Å². The van der Waals surface area contributed by atoms with Crippen molar-refractivity contribution in [3.05, 3.63) is 0 Å². The smallest absolute Gasteiger partial charge is 0.0620 e. The highest BCUT2D eigenvalue weighted by atomic mass is 16.3. The van der Waals surface area contributed by atoms with Gasteiger partial charge in [0.15, 0.2) is 0 Å². The molecule has 0 amide bonds. The maximum Gasteiger partial charge on any atom is 0.0620 e. The van der Waals surface area contributed by atoms with Crippen LogP contribution in [0.5, 0.6) is 0 Å². The van der Waals surface area contributed by atoms with E-state index in [0.29, 0.717) is 12.8 Å². The van der Waals surface area contributed by atoms with Crippen molar-refractivity contribution in [2.24, 2.45) is 0 Å². The molecule has 0 aliphatic carbocycles. The van der Waals surface area contributed by atoms with E-state index in [4.69, 9.17) is 0 Å². The number of hydrogen-bond donors (Lipinski definition) is 2. The van der Waals surface area contributed by atoms with E-state index in [1.807, 2.05) is 6.92 Å². The number of unbranched alkanes of at least 4 members (excludes halogenated alkanes) is 1. The Morgan fingerprint density at radius 3 is 1.85 bits per heavy atom. The van der Waals surface area contributed by atoms with Gasteiger partial charge < -0.3 is 10.2 Å². The molecule has 2 heteroatoms. The van der Waals surface area contributed by atoms with Crippen molar-refractivity contribution in [3.63, 3.8) is 0 Å². The fourth-order valence-electron chi connectivity index (χ4n) is 1.26. The molecule has 0 fully saturated rings. The summed E-state index contributed by atoms with van der Waals surface area (Å²) >= 11 is 0. The molecule has 0 aliphatic rings. The van der Waals surface area contributed by atoms with Gasteiger partial charge in [0.2, 0.25) is 0 Å². The lowest BCUT2D eigenvalue weighted by Gasteiger charge is -2.27. The molecule has 0 saturated heterocycles. The van der Waals surface area contributed by atoms with Gasteiger partial charge in [-0.05, 0) is 40.0 Å². The summed E-state index contributed by atoms with van der Waals surface area (Å²) in [6, 6.07) is 0. The minimum Gasteiger partial charge on any atom is -0.390 e. The molecule has 2 nitrogen and oxygen atoms in total. The first-order valence-corrected chi connectivity index (χ1v) is 5.21. The second-order valence-corrected chi connectivity index (χ2v) is 4.91. The van der Waals surface area contributed by atoms with Crippen molar-refractivity contribution in [2.45, 2.75) is 71.0 Å². The summed E-state index contributed by atoms with van der Waals surface area (Å²) in [7, 11) is 0. The summed E-state index contributed by atoms with van der Waals surface area (Å²) in [5.74, 6) is 0. The van der Waals surface area contributed by atoms with Crippen molar-refractivity contribution < 1.29 is 10.2 Å². The van der Waals surface area contributed by atoms with Crippen LogP contribution in [0.4, 0.5) is 0 Å². The topological polar surface area (TPSA) is 40.5 Å². The third kappa shape index (κ3) is 8.26. The van der Waals surface area contributed by atoms with E-state index in [2.05, 4.69) is 6.92 Å². The summed E-state index contributed by atoms with van der Waals surface area (Å²) in [6.07, 6.45) is 4.33. The number of hydrogen-bond acceptors (Lipinski definition) is 2. The Labute approximate surface area is 82.0 Å². The van der Waals surface area contributed by atoms with Gasteiger partial charge in [-0.2, -0.15) is 0 Å². The largest absolute Gasteiger partial charge is 0.390 e. The van der Waals surface area contributed by atoms with Crippen LogP contribution >= 0.6 is 0 Å². The summed E-state index contributed by atoms with van der Waals surface area (Å²) in [4.78, 5) is 0. The molecule has 0 aromatic rings. The second-order valence-electron chi connectivity index (χ2n) is 4.91. The first kappa shape index (κ1) is 12.9. The molecule has 0 aliphatic heterocycles. The SMILES string of the molecule is CCCCC(C)(O)CCC(C)(C)O.